The van der Waals surface area contributed by atoms with Crippen LogP contribution < -0.4 is 10.1 Å². The van der Waals surface area contributed by atoms with Gasteiger partial charge in [-0.1, -0.05) is 43.3 Å². The zero-order chi connectivity index (χ0) is 16.7. The van der Waals surface area contributed by atoms with E-state index in [-0.39, 0.29) is 11.8 Å². The highest BCUT2D eigenvalue weighted by molar-refractivity contribution is 5.96. The Morgan fingerprint density at radius 2 is 1.87 bits per heavy atom. The Kier molecular flexibility index (Phi) is 5.74. The fourth-order valence-electron chi connectivity index (χ4n) is 2.30. The number of rotatable bonds is 7. The average Bonchev–Trinajstić information content (AvgIpc) is 2.55. The highest BCUT2D eigenvalue weighted by atomic mass is 16.5. The van der Waals surface area contributed by atoms with Crippen molar-refractivity contribution in [2.75, 3.05) is 11.9 Å². The van der Waals surface area contributed by atoms with Gasteiger partial charge in [-0.15, -0.1) is 0 Å². The number of nitrogens with one attached hydrogen (secondary N) is 1. The lowest BCUT2D eigenvalue weighted by Crippen LogP contribution is -2.20. The van der Waals surface area contributed by atoms with Gasteiger partial charge in [0.15, 0.2) is 6.61 Å². The highest BCUT2D eigenvalue weighted by Crippen LogP contribution is 2.23. The molecule has 1 amide bonds. The van der Waals surface area contributed by atoms with Crippen LogP contribution in [-0.2, 0) is 9.59 Å². The smallest absolute Gasteiger partial charge is 0.341 e. The van der Waals surface area contributed by atoms with E-state index in [1.165, 1.54) is 0 Å². The van der Waals surface area contributed by atoms with Crippen LogP contribution in [-0.4, -0.2) is 23.6 Å². The molecule has 2 aromatic rings. The highest BCUT2D eigenvalue weighted by Gasteiger charge is 2.18. The number of carboxylic acid groups (broad SMARTS) is 1. The van der Waals surface area contributed by atoms with Crippen LogP contribution in [0.5, 0.6) is 5.75 Å². The molecule has 0 saturated carbocycles. The Bertz CT molecular complexity index is 670. The predicted octanol–water partition coefficient (Wildman–Crippen LogP) is 3.28. The van der Waals surface area contributed by atoms with Gasteiger partial charge in [0.05, 0.1) is 5.92 Å². The van der Waals surface area contributed by atoms with E-state index in [1.807, 2.05) is 37.3 Å². The van der Waals surface area contributed by atoms with E-state index in [0.717, 1.165) is 5.56 Å². The normalized spacial score (nSPS) is 11.5. The Labute approximate surface area is 134 Å². The number of carbonyl (C=O) groups excluding carboxylic acids is 1. The van der Waals surface area contributed by atoms with Gasteiger partial charge in [-0.05, 0) is 24.1 Å². The molecule has 0 aromatic heterocycles. The van der Waals surface area contributed by atoms with Gasteiger partial charge in [0.25, 0.3) is 0 Å². The number of carbonyl (C=O) groups is 2. The molecule has 0 unspecified atom stereocenters. The van der Waals surface area contributed by atoms with Crippen molar-refractivity contribution in [3.05, 3.63) is 60.2 Å². The largest absolute Gasteiger partial charge is 0.482 e. The minimum Gasteiger partial charge on any atom is -0.482 e. The summed E-state index contributed by atoms with van der Waals surface area (Å²) >= 11 is 0. The summed E-state index contributed by atoms with van der Waals surface area (Å²) in [5.74, 6) is -0.985. The molecule has 0 fully saturated rings. The first kappa shape index (κ1) is 16.5. The first-order valence-corrected chi connectivity index (χ1v) is 7.40. The minimum atomic E-state index is -1.05. The van der Waals surface area contributed by atoms with E-state index in [4.69, 9.17) is 9.84 Å². The van der Waals surface area contributed by atoms with E-state index >= 15 is 0 Å². The number of aliphatic carboxylic acids is 1. The van der Waals surface area contributed by atoms with Crippen LogP contribution >= 0.6 is 0 Å². The molecule has 1 atom stereocenters. The van der Waals surface area contributed by atoms with Gasteiger partial charge >= 0.3 is 5.97 Å². The lowest BCUT2D eigenvalue weighted by molar-refractivity contribution is -0.139. The quantitative estimate of drug-likeness (QED) is 0.822. The van der Waals surface area contributed by atoms with Crippen molar-refractivity contribution in [3.63, 3.8) is 0 Å². The van der Waals surface area contributed by atoms with E-state index in [1.54, 1.807) is 24.3 Å². The Hall–Kier alpha value is -2.82. The van der Waals surface area contributed by atoms with Crippen molar-refractivity contribution >= 4 is 17.6 Å². The third kappa shape index (κ3) is 4.85. The molecule has 120 valence electrons. The maximum Gasteiger partial charge on any atom is 0.341 e. The number of hydrogen-bond acceptors (Lipinski definition) is 3. The molecule has 0 spiro atoms. The molecule has 0 radical (unpaired) electrons. The summed E-state index contributed by atoms with van der Waals surface area (Å²) in [4.78, 5) is 23.0. The summed E-state index contributed by atoms with van der Waals surface area (Å²) in [5.41, 5.74) is 1.54. The van der Waals surface area contributed by atoms with E-state index in [9.17, 15) is 9.59 Å². The van der Waals surface area contributed by atoms with Crippen molar-refractivity contribution in [1.29, 1.82) is 0 Å². The second kappa shape index (κ2) is 7.98. The van der Waals surface area contributed by atoms with Gasteiger partial charge in [-0.3, -0.25) is 4.79 Å². The zero-order valence-corrected chi connectivity index (χ0v) is 12.9. The summed E-state index contributed by atoms with van der Waals surface area (Å²) in [6.07, 6.45) is 0.686. The Morgan fingerprint density at radius 1 is 1.13 bits per heavy atom. The number of amides is 1. The second-order valence-electron chi connectivity index (χ2n) is 5.07. The molecule has 0 heterocycles. The summed E-state index contributed by atoms with van der Waals surface area (Å²) in [7, 11) is 0. The Morgan fingerprint density at radius 3 is 2.52 bits per heavy atom. The molecule has 0 saturated heterocycles. The molecule has 23 heavy (non-hydrogen) atoms. The topological polar surface area (TPSA) is 75.6 Å². The van der Waals surface area contributed by atoms with Crippen molar-refractivity contribution in [3.8, 4) is 5.75 Å². The van der Waals surface area contributed by atoms with Crippen molar-refractivity contribution in [2.45, 2.75) is 19.3 Å². The first-order valence-electron chi connectivity index (χ1n) is 7.40. The zero-order valence-electron chi connectivity index (χ0n) is 12.9. The standard InChI is InChI=1S/C18H19NO4/c1-2-16(13-7-4-3-5-8-13)18(22)19-14-9-6-10-15(11-14)23-12-17(20)21/h3-11,16H,2,12H2,1H3,(H,19,22)(H,20,21)/t16-/m0/s1. The molecule has 0 bridgehead atoms. The van der Waals surface area contributed by atoms with Gasteiger partial charge in [0, 0.05) is 11.8 Å². The van der Waals surface area contributed by atoms with Gasteiger partial charge < -0.3 is 15.2 Å². The Balaban J connectivity index is 2.07. The summed E-state index contributed by atoms with van der Waals surface area (Å²) < 4.78 is 5.11. The summed E-state index contributed by atoms with van der Waals surface area (Å²) in [5, 5.41) is 11.5. The van der Waals surface area contributed by atoms with Crippen molar-refractivity contribution in [1.82, 2.24) is 0 Å². The van der Waals surface area contributed by atoms with Crippen LogP contribution in [0, 0.1) is 0 Å². The number of carboxylic acids is 1. The maximum atomic E-state index is 12.5. The lowest BCUT2D eigenvalue weighted by atomic mass is 9.95. The maximum absolute atomic E-state index is 12.5. The van der Waals surface area contributed by atoms with Crippen LogP contribution in [0.1, 0.15) is 24.8 Å². The summed E-state index contributed by atoms with van der Waals surface area (Å²) in [6.45, 7) is 1.54. The fraction of sp³-hybridized carbons (Fsp3) is 0.222. The number of benzene rings is 2. The van der Waals surface area contributed by atoms with Gasteiger partial charge in [0.2, 0.25) is 5.91 Å². The molecule has 0 aliphatic heterocycles. The molecular formula is C18H19NO4. The molecular weight excluding hydrogens is 294 g/mol. The monoisotopic (exact) mass is 313 g/mol. The molecule has 0 aliphatic carbocycles. The molecule has 0 aliphatic rings. The third-order valence-electron chi connectivity index (χ3n) is 3.39. The number of anilines is 1. The number of ether oxygens (including phenoxy) is 1. The van der Waals surface area contributed by atoms with Crippen LogP contribution in [0.3, 0.4) is 0 Å². The molecule has 2 aromatic carbocycles. The SMILES string of the molecule is CC[C@H](C(=O)Nc1cccc(OCC(=O)O)c1)c1ccccc1. The van der Waals surface area contributed by atoms with Crippen molar-refractivity contribution < 1.29 is 19.4 Å². The molecule has 2 N–H and O–H groups in total. The van der Waals surface area contributed by atoms with E-state index in [2.05, 4.69) is 5.32 Å². The van der Waals surface area contributed by atoms with Crippen LogP contribution in [0.15, 0.2) is 54.6 Å². The first-order chi connectivity index (χ1) is 11.1. The molecule has 5 heteroatoms. The van der Waals surface area contributed by atoms with Crippen LogP contribution in [0.25, 0.3) is 0 Å². The number of hydrogen-bond donors (Lipinski definition) is 2. The fourth-order valence-corrected chi connectivity index (χ4v) is 2.30. The van der Waals surface area contributed by atoms with Gasteiger partial charge in [-0.25, -0.2) is 4.79 Å². The van der Waals surface area contributed by atoms with Crippen LogP contribution in [0.4, 0.5) is 5.69 Å². The van der Waals surface area contributed by atoms with Gasteiger partial charge in [0.1, 0.15) is 5.75 Å². The lowest BCUT2D eigenvalue weighted by Gasteiger charge is -2.16. The average molecular weight is 313 g/mol. The van der Waals surface area contributed by atoms with Gasteiger partial charge in [-0.2, -0.15) is 0 Å². The van der Waals surface area contributed by atoms with Crippen LogP contribution in [0.2, 0.25) is 0 Å². The molecule has 5 nitrogen and oxygen atoms in total. The van der Waals surface area contributed by atoms with E-state index in [0.29, 0.717) is 17.9 Å². The third-order valence-corrected chi connectivity index (χ3v) is 3.39. The predicted molar refractivity (Wildman–Crippen MR) is 87.7 cm³/mol. The minimum absolute atomic E-state index is 0.103. The van der Waals surface area contributed by atoms with E-state index < -0.39 is 12.6 Å². The summed E-state index contributed by atoms with van der Waals surface area (Å²) in [6, 6.07) is 16.3. The van der Waals surface area contributed by atoms with Crippen molar-refractivity contribution in [2.24, 2.45) is 0 Å². The second-order valence-corrected chi connectivity index (χ2v) is 5.07. The molecule has 2 rings (SSSR count).